The van der Waals surface area contributed by atoms with Gasteiger partial charge in [-0.15, -0.1) is 0 Å². The molecule has 10 heteroatoms. The minimum absolute atomic E-state index is 0.160. The normalized spacial score (nSPS) is 25.0. The van der Waals surface area contributed by atoms with Crippen LogP contribution in [0.2, 0.25) is 0 Å². The Morgan fingerprint density at radius 1 is 1.18 bits per heavy atom. The summed E-state index contributed by atoms with van der Waals surface area (Å²) in [7, 11) is 1.35. The SMILES string of the molecule is COC(=O)[C@H]1CC[C@@]2(CC(c3cc(-n4ccnc4C(F)(F)F)ccc3OC(C)C)CO2)[C@@H]1c1ccc(F)cc1. The molecule has 1 aromatic heterocycles. The number of nitrogens with zero attached hydrogens (tertiary/aromatic N) is 2. The zero-order valence-corrected chi connectivity index (χ0v) is 21.9. The second-order valence-electron chi connectivity index (χ2n) is 10.5. The molecule has 2 aromatic carbocycles. The zero-order chi connectivity index (χ0) is 27.9. The van der Waals surface area contributed by atoms with Gasteiger partial charge in [-0.25, -0.2) is 9.37 Å². The number of alkyl halides is 3. The van der Waals surface area contributed by atoms with E-state index in [2.05, 4.69) is 4.98 Å². The number of benzene rings is 2. The van der Waals surface area contributed by atoms with E-state index < -0.39 is 23.5 Å². The highest BCUT2D eigenvalue weighted by molar-refractivity contribution is 5.74. The highest BCUT2D eigenvalue weighted by Gasteiger charge is 2.56. The predicted molar refractivity (Wildman–Crippen MR) is 134 cm³/mol. The van der Waals surface area contributed by atoms with Gasteiger partial charge in [-0.1, -0.05) is 12.1 Å². The van der Waals surface area contributed by atoms with E-state index in [9.17, 15) is 22.4 Å². The third kappa shape index (κ3) is 5.14. The number of halogens is 4. The number of hydrogen-bond donors (Lipinski definition) is 0. The first-order valence-electron chi connectivity index (χ1n) is 12.9. The molecule has 6 nitrogen and oxygen atoms in total. The van der Waals surface area contributed by atoms with Crippen LogP contribution in [-0.4, -0.2) is 40.9 Å². The lowest BCUT2D eigenvalue weighted by Crippen LogP contribution is -2.35. The number of aromatic nitrogens is 2. The van der Waals surface area contributed by atoms with E-state index >= 15 is 0 Å². The van der Waals surface area contributed by atoms with Gasteiger partial charge in [-0.05, 0) is 69.0 Å². The van der Waals surface area contributed by atoms with Gasteiger partial charge in [-0.2, -0.15) is 13.2 Å². The van der Waals surface area contributed by atoms with Crippen LogP contribution in [0.5, 0.6) is 5.75 Å². The van der Waals surface area contributed by atoms with Crippen LogP contribution in [0.1, 0.15) is 61.9 Å². The van der Waals surface area contributed by atoms with Crippen LogP contribution < -0.4 is 4.74 Å². The number of methoxy groups -OCH3 is 1. The van der Waals surface area contributed by atoms with Crippen LogP contribution in [0.15, 0.2) is 54.9 Å². The molecule has 208 valence electrons. The van der Waals surface area contributed by atoms with Crippen molar-refractivity contribution in [1.29, 1.82) is 0 Å². The second-order valence-corrected chi connectivity index (χ2v) is 10.5. The molecule has 4 atom stereocenters. The van der Waals surface area contributed by atoms with Crippen molar-refractivity contribution in [1.82, 2.24) is 9.55 Å². The molecule has 0 bridgehead atoms. The fourth-order valence-corrected chi connectivity index (χ4v) is 6.18. The zero-order valence-electron chi connectivity index (χ0n) is 21.9. The Balaban J connectivity index is 1.54. The fraction of sp³-hybridized carbons (Fsp3) is 0.448. The molecule has 0 amide bonds. The lowest BCUT2D eigenvalue weighted by Gasteiger charge is -2.33. The van der Waals surface area contributed by atoms with E-state index in [4.69, 9.17) is 14.2 Å². The number of imidazole rings is 1. The average Bonchev–Trinajstić information content (AvgIpc) is 3.63. The topological polar surface area (TPSA) is 62.6 Å². The summed E-state index contributed by atoms with van der Waals surface area (Å²) in [4.78, 5) is 16.3. The Morgan fingerprint density at radius 3 is 2.59 bits per heavy atom. The van der Waals surface area contributed by atoms with Crippen molar-refractivity contribution in [3.05, 3.63) is 77.6 Å². The second kappa shape index (κ2) is 10.3. The van der Waals surface area contributed by atoms with Crippen LogP contribution >= 0.6 is 0 Å². The van der Waals surface area contributed by atoms with E-state index in [1.807, 2.05) is 13.8 Å². The fourth-order valence-electron chi connectivity index (χ4n) is 6.18. The summed E-state index contributed by atoms with van der Waals surface area (Å²) in [6, 6.07) is 11.0. The highest BCUT2D eigenvalue weighted by atomic mass is 19.4. The maximum atomic E-state index is 13.7. The third-order valence-electron chi connectivity index (χ3n) is 7.71. The van der Waals surface area contributed by atoms with Crippen LogP contribution in [-0.2, 0) is 20.4 Å². The standard InChI is InChI=1S/C29H30F4N2O4/c1-17(2)39-24-9-8-21(35-13-12-34-27(35)29(31,32)33)14-23(24)19-15-28(38-16-19)11-10-22(26(36)37-3)25(28)18-4-6-20(30)7-5-18/h4-9,12-14,17,19,22,25H,10-11,15-16H2,1-3H3/t19?,22-,25+,28+/m0/s1. The third-order valence-corrected chi connectivity index (χ3v) is 7.71. The smallest absolute Gasteiger partial charge is 0.450 e. The van der Waals surface area contributed by atoms with Gasteiger partial charge in [0, 0.05) is 35.5 Å². The molecule has 1 saturated heterocycles. The number of ether oxygens (including phenoxy) is 3. The Labute approximate surface area is 223 Å². The van der Waals surface area contributed by atoms with Gasteiger partial charge in [0.2, 0.25) is 5.82 Å². The minimum atomic E-state index is -4.62. The van der Waals surface area contributed by atoms with Crippen molar-refractivity contribution in [2.45, 2.75) is 62.8 Å². The number of carbonyl (C=O) groups excluding carboxylic acids is 1. The van der Waals surface area contributed by atoms with Gasteiger partial charge < -0.3 is 14.2 Å². The Morgan fingerprint density at radius 2 is 1.92 bits per heavy atom. The summed E-state index contributed by atoms with van der Waals surface area (Å²) >= 11 is 0. The number of hydrogen-bond acceptors (Lipinski definition) is 5. The molecule has 2 aliphatic rings. The first kappa shape index (κ1) is 27.2. The summed E-state index contributed by atoms with van der Waals surface area (Å²) in [5.41, 5.74) is 1.09. The molecule has 1 unspecified atom stereocenters. The van der Waals surface area contributed by atoms with Gasteiger partial charge >= 0.3 is 12.1 Å². The number of carbonyl (C=O) groups is 1. The van der Waals surface area contributed by atoms with E-state index in [1.54, 1.807) is 30.3 Å². The maximum Gasteiger partial charge on any atom is 0.450 e. The maximum absolute atomic E-state index is 13.7. The van der Waals surface area contributed by atoms with E-state index in [0.29, 0.717) is 37.3 Å². The van der Waals surface area contributed by atoms with Crippen molar-refractivity contribution in [3.8, 4) is 11.4 Å². The monoisotopic (exact) mass is 546 g/mol. The molecule has 1 spiro atoms. The summed E-state index contributed by atoms with van der Waals surface area (Å²) < 4.78 is 73.2. The Kier molecular flexibility index (Phi) is 7.17. The Hall–Kier alpha value is -3.40. The van der Waals surface area contributed by atoms with Crippen molar-refractivity contribution < 1.29 is 36.6 Å². The molecule has 5 rings (SSSR count). The highest BCUT2D eigenvalue weighted by Crippen LogP contribution is 2.57. The van der Waals surface area contributed by atoms with Gasteiger partial charge in [-0.3, -0.25) is 9.36 Å². The predicted octanol–water partition coefficient (Wildman–Crippen LogP) is 6.43. The van der Waals surface area contributed by atoms with Crippen molar-refractivity contribution >= 4 is 5.97 Å². The number of esters is 1. The van der Waals surface area contributed by atoms with Crippen LogP contribution in [0.25, 0.3) is 5.69 Å². The lowest BCUT2D eigenvalue weighted by molar-refractivity contribution is -0.147. The van der Waals surface area contributed by atoms with Gasteiger partial charge in [0.25, 0.3) is 0 Å². The van der Waals surface area contributed by atoms with Crippen LogP contribution in [0.3, 0.4) is 0 Å². The molecule has 2 heterocycles. The van der Waals surface area contributed by atoms with Crippen LogP contribution in [0, 0.1) is 11.7 Å². The summed E-state index contributed by atoms with van der Waals surface area (Å²) in [5.74, 6) is -2.21. The molecule has 3 aromatic rings. The molecule has 1 aliphatic heterocycles. The molecule has 0 radical (unpaired) electrons. The van der Waals surface area contributed by atoms with Crippen molar-refractivity contribution in [2.75, 3.05) is 13.7 Å². The average molecular weight is 547 g/mol. The summed E-state index contributed by atoms with van der Waals surface area (Å²) in [6.45, 7) is 4.05. The lowest BCUT2D eigenvalue weighted by atomic mass is 9.76. The minimum Gasteiger partial charge on any atom is -0.491 e. The van der Waals surface area contributed by atoms with Crippen molar-refractivity contribution in [2.24, 2.45) is 5.92 Å². The first-order valence-corrected chi connectivity index (χ1v) is 12.9. The first-order chi connectivity index (χ1) is 18.5. The van der Waals surface area contributed by atoms with Gasteiger partial charge in [0.05, 0.1) is 31.3 Å². The van der Waals surface area contributed by atoms with Crippen molar-refractivity contribution in [3.63, 3.8) is 0 Å². The summed E-state index contributed by atoms with van der Waals surface area (Å²) in [5, 5.41) is 0. The van der Waals surface area contributed by atoms with Gasteiger partial charge in [0.15, 0.2) is 0 Å². The molecular weight excluding hydrogens is 516 g/mol. The quantitative estimate of drug-likeness (QED) is 0.264. The van der Waals surface area contributed by atoms with E-state index in [-0.39, 0.29) is 29.7 Å². The number of rotatable bonds is 6. The molecule has 2 fully saturated rings. The summed E-state index contributed by atoms with van der Waals surface area (Å²) in [6.07, 6.45) is -0.741. The van der Waals surface area contributed by atoms with Crippen LogP contribution in [0.4, 0.5) is 17.6 Å². The van der Waals surface area contributed by atoms with E-state index in [0.717, 1.165) is 21.9 Å². The molecule has 39 heavy (non-hydrogen) atoms. The molecule has 0 N–H and O–H groups in total. The molecular formula is C29H30F4N2O4. The molecule has 1 aliphatic carbocycles. The molecule has 1 saturated carbocycles. The van der Waals surface area contributed by atoms with Gasteiger partial charge in [0.1, 0.15) is 11.6 Å². The Bertz CT molecular complexity index is 1340. The largest absolute Gasteiger partial charge is 0.491 e. The van der Waals surface area contributed by atoms with E-state index in [1.165, 1.54) is 25.4 Å².